The number of halogens is 1. The van der Waals surface area contributed by atoms with Gasteiger partial charge in [0.2, 0.25) is 5.91 Å². The van der Waals surface area contributed by atoms with Crippen LogP contribution < -0.4 is 5.69 Å². The summed E-state index contributed by atoms with van der Waals surface area (Å²) in [5.74, 6) is 1.25. The summed E-state index contributed by atoms with van der Waals surface area (Å²) in [6.07, 6.45) is 3.62. The van der Waals surface area contributed by atoms with Crippen LogP contribution in [0.2, 0.25) is 0 Å². The highest BCUT2D eigenvalue weighted by Crippen LogP contribution is 2.33. The van der Waals surface area contributed by atoms with Crippen molar-refractivity contribution in [2.75, 3.05) is 13.1 Å². The number of nitrogens with one attached hydrogen (secondary N) is 1. The first kappa shape index (κ1) is 18.8. The van der Waals surface area contributed by atoms with Crippen LogP contribution in [0.15, 0.2) is 53.3 Å². The third-order valence-electron chi connectivity index (χ3n) is 6.04. The molecule has 30 heavy (non-hydrogen) atoms. The van der Waals surface area contributed by atoms with E-state index in [1.54, 1.807) is 16.7 Å². The summed E-state index contributed by atoms with van der Waals surface area (Å²) in [4.78, 5) is 26.7. The van der Waals surface area contributed by atoms with Crippen molar-refractivity contribution in [2.45, 2.75) is 25.7 Å². The molecule has 0 spiro atoms. The fourth-order valence-corrected chi connectivity index (χ4v) is 4.22. The van der Waals surface area contributed by atoms with E-state index in [4.69, 9.17) is 0 Å². The highest BCUT2D eigenvalue weighted by Gasteiger charge is 2.36. The lowest BCUT2D eigenvalue weighted by Gasteiger charge is -2.16. The third kappa shape index (κ3) is 3.67. The van der Waals surface area contributed by atoms with E-state index in [1.807, 2.05) is 29.2 Å². The first-order valence-electron chi connectivity index (χ1n) is 10.4. The largest absolute Gasteiger partial charge is 0.347 e. The van der Waals surface area contributed by atoms with Gasteiger partial charge in [0, 0.05) is 25.4 Å². The second-order valence-electron chi connectivity index (χ2n) is 8.25. The first-order chi connectivity index (χ1) is 14.6. The zero-order valence-electron chi connectivity index (χ0n) is 16.6. The smallest absolute Gasteiger partial charge is 0.342 e. The second-order valence-corrected chi connectivity index (χ2v) is 8.25. The number of benzene rings is 2. The number of carbonyl (C=O) groups is 1. The summed E-state index contributed by atoms with van der Waals surface area (Å²) in [5, 5.41) is 6.80. The minimum atomic E-state index is -0.275. The van der Waals surface area contributed by atoms with Gasteiger partial charge in [0.1, 0.15) is 11.6 Å². The Hall–Kier alpha value is -3.22. The Bertz CT molecular complexity index is 1110. The van der Waals surface area contributed by atoms with E-state index in [0.717, 1.165) is 49.2 Å². The Morgan fingerprint density at radius 1 is 1.03 bits per heavy atom. The number of rotatable bonds is 5. The number of hydrogen-bond donors (Lipinski definition) is 1. The van der Waals surface area contributed by atoms with Crippen molar-refractivity contribution in [3.05, 3.63) is 70.7 Å². The van der Waals surface area contributed by atoms with Gasteiger partial charge in [0.15, 0.2) is 0 Å². The van der Waals surface area contributed by atoms with Gasteiger partial charge in [-0.25, -0.2) is 18.9 Å². The molecule has 154 valence electrons. The standard InChI is InChI=1S/C23H23FN4O2/c24-19-7-3-16(4-8-19)17-5-9-20(10-6-17)28-21(25-26-23(28)30)13-15-11-12-27(14-15)22(29)18-1-2-18/h3-10,15,18H,1-2,11-14H2,(H,26,30). The number of amides is 1. The van der Waals surface area contributed by atoms with Gasteiger partial charge in [-0.2, -0.15) is 5.10 Å². The Balaban J connectivity index is 1.33. The maximum absolute atomic E-state index is 13.1. The van der Waals surface area contributed by atoms with Crippen molar-refractivity contribution in [1.29, 1.82) is 0 Å². The lowest BCUT2D eigenvalue weighted by molar-refractivity contribution is -0.131. The molecule has 2 fully saturated rings. The average molecular weight is 406 g/mol. The van der Waals surface area contributed by atoms with Crippen LogP contribution in [-0.2, 0) is 11.2 Å². The topological polar surface area (TPSA) is 71.0 Å². The van der Waals surface area contributed by atoms with Crippen LogP contribution in [0.25, 0.3) is 16.8 Å². The summed E-state index contributed by atoms with van der Waals surface area (Å²) in [6.45, 7) is 1.53. The number of nitrogens with zero attached hydrogens (tertiary/aromatic N) is 3. The molecular weight excluding hydrogens is 383 g/mol. The average Bonchev–Trinajstić information content (AvgIpc) is 3.41. The number of likely N-dealkylation sites (tertiary alicyclic amines) is 1. The monoisotopic (exact) mass is 406 g/mol. The van der Waals surface area contributed by atoms with Gasteiger partial charge < -0.3 is 4.90 Å². The van der Waals surface area contributed by atoms with Gasteiger partial charge in [-0.05, 0) is 60.6 Å². The molecule has 3 aromatic rings. The fraction of sp³-hybridized carbons (Fsp3) is 0.348. The summed E-state index contributed by atoms with van der Waals surface area (Å²) in [5.41, 5.74) is 2.32. The van der Waals surface area contributed by atoms with Gasteiger partial charge in [0.05, 0.1) is 5.69 Å². The minimum Gasteiger partial charge on any atom is -0.342 e. The first-order valence-corrected chi connectivity index (χ1v) is 10.4. The van der Waals surface area contributed by atoms with Crippen molar-refractivity contribution in [3.63, 3.8) is 0 Å². The fourth-order valence-electron chi connectivity index (χ4n) is 4.22. The van der Waals surface area contributed by atoms with E-state index in [-0.39, 0.29) is 23.3 Å². The normalized spacial score (nSPS) is 18.7. The summed E-state index contributed by atoms with van der Waals surface area (Å²) >= 11 is 0. The molecule has 2 heterocycles. The minimum absolute atomic E-state index is 0.243. The van der Waals surface area contributed by atoms with Gasteiger partial charge in [-0.3, -0.25) is 4.79 Å². The molecule has 1 unspecified atom stereocenters. The van der Waals surface area contributed by atoms with Crippen molar-refractivity contribution in [1.82, 2.24) is 19.7 Å². The highest BCUT2D eigenvalue weighted by atomic mass is 19.1. The Morgan fingerprint density at radius 2 is 1.70 bits per heavy atom. The van der Waals surface area contributed by atoms with E-state index in [0.29, 0.717) is 18.2 Å². The van der Waals surface area contributed by atoms with E-state index >= 15 is 0 Å². The van der Waals surface area contributed by atoms with Gasteiger partial charge in [-0.15, -0.1) is 0 Å². The molecule has 1 saturated carbocycles. The van der Waals surface area contributed by atoms with Gasteiger partial charge >= 0.3 is 5.69 Å². The van der Waals surface area contributed by atoms with Crippen LogP contribution in [0.1, 0.15) is 25.1 Å². The van der Waals surface area contributed by atoms with Crippen LogP contribution in [0.4, 0.5) is 4.39 Å². The SMILES string of the molecule is O=C(C1CC1)N1CCC(Cc2n[nH]c(=O)n2-c2ccc(-c3ccc(F)cc3)cc2)C1. The number of hydrogen-bond acceptors (Lipinski definition) is 3. The van der Waals surface area contributed by atoms with Crippen molar-refractivity contribution < 1.29 is 9.18 Å². The Morgan fingerprint density at radius 3 is 2.37 bits per heavy atom. The lowest BCUT2D eigenvalue weighted by atomic mass is 10.0. The summed E-state index contributed by atoms with van der Waals surface area (Å²) in [7, 11) is 0. The van der Waals surface area contributed by atoms with Crippen LogP contribution in [0.5, 0.6) is 0 Å². The maximum Gasteiger partial charge on any atom is 0.347 e. The van der Waals surface area contributed by atoms with E-state index in [9.17, 15) is 14.0 Å². The molecule has 1 aliphatic carbocycles. The molecule has 7 heteroatoms. The van der Waals surface area contributed by atoms with Crippen LogP contribution >= 0.6 is 0 Å². The van der Waals surface area contributed by atoms with Crippen molar-refractivity contribution >= 4 is 5.91 Å². The van der Waals surface area contributed by atoms with E-state index < -0.39 is 0 Å². The molecule has 1 aromatic heterocycles. The molecule has 2 aromatic carbocycles. The molecule has 1 N–H and O–H groups in total. The molecule has 5 rings (SSSR count). The molecule has 0 bridgehead atoms. The number of aromatic amines is 1. The molecule has 1 atom stereocenters. The Kier molecular flexibility index (Phi) is 4.73. The quantitative estimate of drug-likeness (QED) is 0.708. The number of carbonyl (C=O) groups excluding carboxylic acids is 1. The molecule has 0 radical (unpaired) electrons. The maximum atomic E-state index is 13.1. The summed E-state index contributed by atoms with van der Waals surface area (Å²) < 4.78 is 14.7. The van der Waals surface area contributed by atoms with Crippen LogP contribution in [-0.4, -0.2) is 38.7 Å². The van der Waals surface area contributed by atoms with E-state index in [2.05, 4.69) is 10.2 Å². The Labute approximate surface area is 173 Å². The van der Waals surface area contributed by atoms with Crippen molar-refractivity contribution in [3.8, 4) is 16.8 Å². The highest BCUT2D eigenvalue weighted by molar-refractivity contribution is 5.81. The van der Waals surface area contributed by atoms with Gasteiger partial charge in [0.25, 0.3) is 0 Å². The van der Waals surface area contributed by atoms with Gasteiger partial charge in [-0.1, -0.05) is 24.3 Å². The van der Waals surface area contributed by atoms with E-state index in [1.165, 1.54) is 12.1 Å². The number of H-pyrrole nitrogens is 1. The van der Waals surface area contributed by atoms with Crippen LogP contribution in [0.3, 0.4) is 0 Å². The second kappa shape index (κ2) is 7.55. The predicted octanol–water partition coefficient (Wildman–Crippen LogP) is 3.17. The summed E-state index contributed by atoms with van der Waals surface area (Å²) in [6, 6.07) is 13.9. The zero-order chi connectivity index (χ0) is 20.7. The number of aromatic nitrogens is 3. The van der Waals surface area contributed by atoms with Crippen molar-refractivity contribution in [2.24, 2.45) is 11.8 Å². The molecule has 1 amide bonds. The molecule has 1 aliphatic heterocycles. The zero-order valence-corrected chi connectivity index (χ0v) is 16.6. The molecule has 6 nitrogen and oxygen atoms in total. The molecular formula is C23H23FN4O2. The predicted molar refractivity (Wildman–Crippen MR) is 111 cm³/mol. The van der Waals surface area contributed by atoms with Crippen LogP contribution in [0, 0.1) is 17.7 Å². The molecule has 1 saturated heterocycles. The molecule has 2 aliphatic rings. The third-order valence-corrected chi connectivity index (χ3v) is 6.04. The lowest BCUT2D eigenvalue weighted by Crippen LogP contribution is -2.30.